The van der Waals surface area contributed by atoms with Crippen molar-refractivity contribution < 1.29 is 19.0 Å². The molecule has 21 heavy (non-hydrogen) atoms. The molecule has 110 valence electrons. The number of anilines is 1. The monoisotopic (exact) mass is 289 g/mol. The van der Waals surface area contributed by atoms with Gasteiger partial charge >= 0.3 is 0 Å². The van der Waals surface area contributed by atoms with Crippen LogP contribution in [0.4, 0.5) is 5.69 Å². The molecule has 0 bridgehead atoms. The Balaban J connectivity index is 2.33. The van der Waals surface area contributed by atoms with E-state index in [1.807, 2.05) is 0 Å². The zero-order valence-corrected chi connectivity index (χ0v) is 11.6. The van der Waals surface area contributed by atoms with Gasteiger partial charge in [-0.2, -0.15) is 4.98 Å². The van der Waals surface area contributed by atoms with Gasteiger partial charge in [0.25, 0.3) is 0 Å². The zero-order chi connectivity index (χ0) is 15.4. The van der Waals surface area contributed by atoms with Crippen LogP contribution in [-0.4, -0.2) is 25.1 Å². The predicted octanol–water partition coefficient (Wildman–Crippen LogP) is 1.57. The van der Waals surface area contributed by atoms with Crippen molar-refractivity contribution in [3.8, 4) is 23.3 Å². The molecule has 0 aliphatic heterocycles. The largest absolute Gasteiger partial charge is 0.493 e. The molecule has 7 nitrogen and oxygen atoms in total. The van der Waals surface area contributed by atoms with E-state index in [1.165, 1.54) is 26.4 Å². The van der Waals surface area contributed by atoms with E-state index in [2.05, 4.69) is 4.98 Å². The minimum absolute atomic E-state index is 0.264. The minimum Gasteiger partial charge on any atom is -0.493 e. The number of carbonyl (C=O) groups is 1. The minimum atomic E-state index is -0.549. The van der Waals surface area contributed by atoms with E-state index < -0.39 is 5.91 Å². The van der Waals surface area contributed by atoms with Crippen molar-refractivity contribution in [2.45, 2.75) is 0 Å². The lowest BCUT2D eigenvalue weighted by molar-refractivity contribution is 0.1000. The number of nitrogen functional groups attached to an aromatic ring is 1. The van der Waals surface area contributed by atoms with E-state index in [-0.39, 0.29) is 11.8 Å². The molecule has 1 aromatic heterocycles. The van der Waals surface area contributed by atoms with Crippen molar-refractivity contribution in [3.63, 3.8) is 0 Å². The van der Waals surface area contributed by atoms with Crippen LogP contribution in [0.2, 0.25) is 0 Å². The third-order valence-electron chi connectivity index (χ3n) is 2.72. The van der Waals surface area contributed by atoms with E-state index in [0.717, 1.165) is 0 Å². The van der Waals surface area contributed by atoms with Crippen LogP contribution in [0, 0.1) is 0 Å². The molecule has 2 rings (SSSR count). The average Bonchev–Trinajstić information content (AvgIpc) is 2.49. The second-order valence-electron chi connectivity index (χ2n) is 4.08. The van der Waals surface area contributed by atoms with Gasteiger partial charge < -0.3 is 25.7 Å². The lowest BCUT2D eigenvalue weighted by Crippen LogP contribution is -2.10. The number of amides is 1. The number of pyridine rings is 1. The van der Waals surface area contributed by atoms with Crippen LogP contribution in [0.15, 0.2) is 30.3 Å². The molecule has 4 N–H and O–H groups in total. The second-order valence-corrected chi connectivity index (χ2v) is 4.08. The summed E-state index contributed by atoms with van der Waals surface area (Å²) < 4.78 is 15.8. The number of ether oxygens (including phenoxy) is 3. The molecule has 1 heterocycles. The summed E-state index contributed by atoms with van der Waals surface area (Å²) in [4.78, 5) is 15.2. The molecule has 0 radical (unpaired) electrons. The van der Waals surface area contributed by atoms with Crippen LogP contribution in [0.5, 0.6) is 23.3 Å². The summed E-state index contributed by atoms with van der Waals surface area (Å²) in [6.07, 6.45) is 0. The molecule has 0 saturated heterocycles. The summed E-state index contributed by atoms with van der Waals surface area (Å²) in [6, 6.07) is 7.81. The Hall–Kier alpha value is -2.96. The molecule has 0 aliphatic carbocycles. The Kier molecular flexibility index (Phi) is 4.13. The van der Waals surface area contributed by atoms with Gasteiger partial charge in [0.1, 0.15) is 0 Å². The standard InChI is InChI=1S/C14H15N3O4/c1-19-11-7-8(13(16)18)3-5-10(11)21-12-6-4-9(15)14(17-12)20-2/h3-7H,15H2,1-2H3,(H2,16,18). The fourth-order valence-corrected chi connectivity index (χ4v) is 1.67. The number of rotatable bonds is 5. The number of carbonyl (C=O) groups excluding carboxylic acids is 1. The van der Waals surface area contributed by atoms with Crippen LogP contribution >= 0.6 is 0 Å². The van der Waals surface area contributed by atoms with Crippen molar-refractivity contribution in [1.82, 2.24) is 4.98 Å². The molecule has 0 saturated carbocycles. The van der Waals surface area contributed by atoms with Crippen molar-refractivity contribution in [3.05, 3.63) is 35.9 Å². The Bertz CT molecular complexity index is 673. The van der Waals surface area contributed by atoms with Crippen LogP contribution in [0.1, 0.15) is 10.4 Å². The highest BCUT2D eigenvalue weighted by Crippen LogP contribution is 2.33. The van der Waals surface area contributed by atoms with Crippen LogP contribution in [-0.2, 0) is 0 Å². The highest BCUT2D eigenvalue weighted by Gasteiger charge is 2.11. The first kappa shape index (κ1) is 14.4. The van der Waals surface area contributed by atoms with E-state index in [0.29, 0.717) is 22.7 Å². The maximum Gasteiger partial charge on any atom is 0.248 e. The molecular formula is C14H15N3O4. The second kappa shape index (κ2) is 6.00. The fourth-order valence-electron chi connectivity index (χ4n) is 1.67. The Labute approximate surface area is 121 Å². The van der Waals surface area contributed by atoms with Crippen molar-refractivity contribution in [2.75, 3.05) is 20.0 Å². The molecule has 7 heteroatoms. The maximum atomic E-state index is 11.1. The molecule has 1 amide bonds. The number of nitrogens with two attached hydrogens (primary N) is 2. The van der Waals surface area contributed by atoms with E-state index in [4.69, 9.17) is 25.7 Å². The predicted molar refractivity (Wildman–Crippen MR) is 76.8 cm³/mol. The summed E-state index contributed by atoms with van der Waals surface area (Å²) in [6.45, 7) is 0. The third kappa shape index (κ3) is 3.14. The number of hydrogen-bond donors (Lipinski definition) is 2. The molecule has 0 aliphatic rings. The van der Waals surface area contributed by atoms with E-state index in [9.17, 15) is 4.79 Å². The summed E-state index contributed by atoms with van der Waals surface area (Å²) in [5, 5.41) is 0. The number of nitrogens with zero attached hydrogens (tertiary/aromatic N) is 1. The molecule has 2 aromatic rings. The number of methoxy groups -OCH3 is 2. The molecule has 1 aromatic carbocycles. The Morgan fingerprint density at radius 2 is 1.86 bits per heavy atom. The molecule has 0 spiro atoms. The lowest BCUT2D eigenvalue weighted by Gasteiger charge is -2.11. The number of hydrogen-bond acceptors (Lipinski definition) is 6. The van der Waals surface area contributed by atoms with Crippen molar-refractivity contribution in [2.24, 2.45) is 5.73 Å². The summed E-state index contributed by atoms with van der Waals surface area (Å²) in [5.41, 5.74) is 11.6. The van der Waals surface area contributed by atoms with Gasteiger partial charge in [-0.3, -0.25) is 4.79 Å². The van der Waals surface area contributed by atoms with Gasteiger partial charge in [0.05, 0.1) is 19.9 Å². The number of benzene rings is 1. The third-order valence-corrected chi connectivity index (χ3v) is 2.72. The number of primary amides is 1. The summed E-state index contributed by atoms with van der Waals surface area (Å²) >= 11 is 0. The van der Waals surface area contributed by atoms with Gasteiger partial charge in [0, 0.05) is 11.6 Å². The Morgan fingerprint density at radius 3 is 2.48 bits per heavy atom. The fraction of sp³-hybridized carbons (Fsp3) is 0.143. The molecule has 0 fully saturated rings. The first-order valence-corrected chi connectivity index (χ1v) is 6.01. The Morgan fingerprint density at radius 1 is 1.10 bits per heavy atom. The molecule has 0 unspecified atom stereocenters. The van der Waals surface area contributed by atoms with Crippen LogP contribution in [0.3, 0.4) is 0 Å². The maximum absolute atomic E-state index is 11.1. The first-order chi connectivity index (χ1) is 10.0. The first-order valence-electron chi connectivity index (χ1n) is 6.01. The van der Waals surface area contributed by atoms with Gasteiger partial charge in [-0.15, -0.1) is 0 Å². The summed E-state index contributed by atoms with van der Waals surface area (Å²) in [7, 11) is 2.93. The topological polar surface area (TPSA) is 110 Å². The van der Waals surface area contributed by atoms with Crippen LogP contribution < -0.4 is 25.7 Å². The normalized spacial score (nSPS) is 10.0. The van der Waals surface area contributed by atoms with E-state index in [1.54, 1.807) is 18.2 Å². The molecule has 0 atom stereocenters. The van der Waals surface area contributed by atoms with Crippen LogP contribution in [0.25, 0.3) is 0 Å². The van der Waals surface area contributed by atoms with Gasteiger partial charge in [0.15, 0.2) is 11.5 Å². The van der Waals surface area contributed by atoms with Crippen molar-refractivity contribution >= 4 is 11.6 Å². The summed E-state index contributed by atoms with van der Waals surface area (Å²) in [5.74, 6) is 0.754. The highest BCUT2D eigenvalue weighted by atomic mass is 16.5. The van der Waals surface area contributed by atoms with E-state index >= 15 is 0 Å². The van der Waals surface area contributed by atoms with Gasteiger partial charge in [0.2, 0.25) is 17.7 Å². The SMILES string of the molecule is COc1cc(C(N)=O)ccc1Oc1ccc(N)c(OC)n1. The van der Waals surface area contributed by atoms with Gasteiger partial charge in [-0.25, -0.2) is 0 Å². The lowest BCUT2D eigenvalue weighted by atomic mass is 10.2. The molecular weight excluding hydrogens is 274 g/mol. The zero-order valence-electron chi connectivity index (χ0n) is 11.6. The smallest absolute Gasteiger partial charge is 0.248 e. The quantitative estimate of drug-likeness (QED) is 0.864. The van der Waals surface area contributed by atoms with Gasteiger partial charge in [-0.05, 0) is 24.3 Å². The average molecular weight is 289 g/mol. The van der Waals surface area contributed by atoms with Gasteiger partial charge in [-0.1, -0.05) is 0 Å². The number of aromatic nitrogens is 1. The van der Waals surface area contributed by atoms with Crippen molar-refractivity contribution in [1.29, 1.82) is 0 Å². The highest BCUT2D eigenvalue weighted by molar-refractivity contribution is 5.93.